The first-order valence-electron chi connectivity index (χ1n) is 8.09. The van der Waals surface area contributed by atoms with Gasteiger partial charge in [-0.1, -0.05) is 12.1 Å². The Kier molecular flexibility index (Phi) is 5.17. The van der Waals surface area contributed by atoms with E-state index in [9.17, 15) is 14.4 Å². The maximum Gasteiger partial charge on any atom is 0.337 e. The predicted molar refractivity (Wildman–Crippen MR) is 95.3 cm³/mol. The second kappa shape index (κ2) is 7.69. The lowest BCUT2D eigenvalue weighted by molar-refractivity contribution is -0.118. The summed E-state index contributed by atoms with van der Waals surface area (Å²) in [6, 6.07) is 12.0. The molecule has 134 valence electrons. The molecule has 2 amide bonds. The Balaban J connectivity index is 1.58. The molecule has 0 bridgehead atoms. The fraction of sp³-hybridized carbons (Fsp3) is 0.211. The molecule has 0 fully saturated rings. The van der Waals surface area contributed by atoms with Crippen LogP contribution in [0.4, 0.5) is 11.4 Å². The zero-order valence-corrected chi connectivity index (χ0v) is 14.2. The Labute approximate surface area is 150 Å². The summed E-state index contributed by atoms with van der Waals surface area (Å²) in [6.07, 6.45) is 0.766. The molecule has 1 heterocycles. The fourth-order valence-corrected chi connectivity index (χ4v) is 2.61. The average molecular weight is 354 g/mol. The smallest absolute Gasteiger partial charge is 0.337 e. The van der Waals surface area contributed by atoms with Crippen LogP contribution < -0.4 is 15.4 Å². The van der Waals surface area contributed by atoms with Crippen LogP contribution in [0.1, 0.15) is 22.3 Å². The largest absolute Gasteiger partial charge is 0.482 e. The zero-order chi connectivity index (χ0) is 18.5. The van der Waals surface area contributed by atoms with E-state index >= 15 is 0 Å². The van der Waals surface area contributed by atoms with Crippen LogP contribution in [0.5, 0.6) is 5.75 Å². The molecule has 2 aromatic rings. The summed E-state index contributed by atoms with van der Waals surface area (Å²) in [6.45, 7) is 0.0133. The van der Waals surface area contributed by atoms with Gasteiger partial charge in [-0.3, -0.25) is 9.59 Å². The molecule has 0 spiro atoms. The van der Waals surface area contributed by atoms with Crippen LogP contribution in [0.25, 0.3) is 0 Å². The first kappa shape index (κ1) is 17.5. The number of fused-ring (bicyclic) bond motifs is 1. The number of ether oxygens (including phenoxy) is 2. The summed E-state index contributed by atoms with van der Waals surface area (Å²) < 4.78 is 9.97. The molecule has 2 aromatic carbocycles. The van der Waals surface area contributed by atoms with Gasteiger partial charge in [0, 0.05) is 12.1 Å². The van der Waals surface area contributed by atoms with Gasteiger partial charge in [0.15, 0.2) is 6.61 Å². The summed E-state index contributed by atoms with van der Waals surface area (Å²) in [4.78, 5) is 35.1. The van der Waals surface area contributed by atoms with Crippen LogP contribution in [-0.4, -0.2) is 31.5 Å². The summed E-state index contributed by atoms with van der Waals surface area (Å²) in [7, 11) is 1.31. The maximum absolute atomic E-state index is 12.2. The number of nitrogens with one attached hydrogen (secondary N) is 2. The molecule has 0 saturated carbocycles. The van der Waals surface area contributed by atoms with Gasteiger partial charge < -0.3 is 20.1 Å². The highest BCUT2D eigenvalue weighted by Gasteiger charge is 2.16. The zero-order valence-electron chi connectivity index (χ0n) is 14.2. The van der Waals surface area contributed by atoms with Gasteiger partial charge in [0.1, 0.15) is 5.75 Å². The Morgan fingerprint density at radius 1 is 1.23 bits per heavy atom. The van der Waals surface area contributed by atoms with Crippen LogP contribution in [-0.2, 0) is 20.7 Å². The van der Waals surface area contributed by atoms with E-state index in [4.69, 9.17) is 4.74 Å². The molecule has 0 saturated heterocycles. The Morgan fingerprint density at radius 3 is 2.88 bits per heavy atom. The number of carbonyl (C=O) groups excluding carboxylic acids is 3. The minimum absolute atomic E-state index is 0.0133. The third-order valence-electron chi connectivity index (χ3n) is 3.88. The molecule has 1 aliphatic heterocycles. The van der Waals surface area contributed by atoms with E-state index in [2.05, 4.69) is 15.4 Å². The van der Waals surface area contributed by atoms with Gasteiger partial charge in [0.2, 0.25) is 5.91 Å². The van der Waals surface area contributed by atoms with E-state index in [0.29, 0.717) is 29.1 Å². The maximum atomic E-state index is 12.2. The van der Waals surface area contributed by atoms with Crippen molar-refractivity contribution in [2.24, 2.45) is 0 Å². The van der Waals surface area contributed by atoms with Crippen molar-refractivity contribution >= 4 is 29.2 Å². The third kappa shape index (κ3) is 4.18. The number of carbonyl (C=O) groups is 3. The highest BCUT2D eigenvalue weighted by Crippen LogP contribution is 2.28. The van der Waals surface area contributed by atoms with E-state index in [1.807, 2.05) is 6.07 Å². The number of benzene rings is 2. The molecule has 1 aliphatic rings. The van der Waals surface area contributed by atoms with Gasteiger partial charge in [-0.15, -0.1) is 0 Å². The minimum Gasteiger partial charge on any atom is -0.482 e. The summed E-state index contributed by atoms with van der Waals surface area (Å²) in [5, 5.41) is 5.50. The molecular formula is C19H18N2O5. The first-order chi connectivity index (χ1) is 12.5. The third-order valence-corrected chi connectivity index (χ3v) is 3.88. The molecular weight excluding hydrogens is 336 g/mol. The lowest BCUT2D eigenvalue weighted by Gasteiger charge is -2.18. The predicted octanol–water partition coefficient (Wildman–Crippen LogP) is 2.38. The van der Waals surface area contributed by atoms with Crippen molar-refractivity contribution in [1.29, 1.82) is 0 Å². The van der Waals surface area contributed by atoms with Crippen molar-refractivity contribution in [3.63, 3.8) is 0 Å². The summed E-state index contributed by atoms with van der Waals surface area (Å²) >= 11 is 0. The van der Waals surface area contributed by atoms with E-state index < -0.39 is 5.97 Å². The summed E-state index contributed by atoms with van der Waals surface area (Å²) in [5.41, 5.74) is 2.43. The van der Waals surface area contributed by atoms with Crippen molar-refractivity contribution in [3.05, 3.63) is 53.6 Å². The molecule has 0 aromatic heterocycles. The standard InChI is InChI=1S/C19H18N2O5/c1-25-19(24)13-3-2-4-14(10-13)20-17(22)8-6-12-5-7-16-15(9-12)21-18(23)11-26-16/h2-5,7,9-10H,6,8,11H2,1H3,(H,20,22)(H,21,23). The highest BCUT2D eigenvalue weighted by atomic mass is 16.5. The van der Waals surface area contributed by atoms with Gasteiger partial charge in [0.05, 0.1) is 18.4 Å². The van der Waals surface area contributed by atoms with Gasteiger partial charge >= 0.3 is 5.97 Å². The molecule has 7 heteroatoms. The fourth-order valence-electron chi connectivity index (χ4n) is 2.61. The van der Waals surface area contributed by atoms with Crippen molar-refractivity contribution < 1.29 is 23.9 Å². The van der Waals surface area contributed by atoms with Crippen molar-refractivity contribution in [2.45, 2.75) is 12.8 Å². The van der Waals surface area contributed by atoms with Gasteiger partial charge in [-0.05, 0) is 42.3 Å². The number of methoxy groups -OCH3 is 1. The molecule has 0 radical (unpaired) electrons. The van der Waals surface area contributed by atoms with Gasteiger partial charge in [-0.25, -0.2) is 4.79 Å². The lowest BCUT2D eigenvalue weighted by Crippen LogP contribution is -2.25. The Morgan fingerprint density at radius 2 is 2.08 bits per heavy atom. The van der Waals surface area contributed by atoms with Crippen LogP contribution in [0.3, 0.4) is 0 Å². The highest BCUT2D eigenvalue weighted by molar-refractivity contribution is 5.96. The van der Waals surface area contributed by atoms with Crippen molar-refractivity contribution in [1.82, 2.24) is 0 Å². The SMILES string of the molecule is COC(=O)c1cccc(NC(=O)CCc2ccc3c(c2)NC(=O)CO3)c1. The van der Waals surface area contributed by atoms with Crippen molar-refractivity contribution in [3.8, 4) is 5.75 Å². The molecule has 3 rings (SSSR count). The quantitative estimate of drug-likeness (QED) is 0.804. The van der Waals surface area contributed by atoms with E-state index in [0.717, 1.165) is 5.56 Å². The normalized spacial score (nSPS) is 12.4. The lowest BCUT2D eigenvalue weighted by atomic mass is 10.1. The number of hydrogen-bond acceptors (Lipinski definition) is 5. The number of esters is 1. The second-order valence-electron chi connectivity index (χ2n) is 5.79. The molecule has 0 atom stereocenters. The molecule has 0 unspecified atom stereocenters. The summed E-state index contributed by atoms with van der Waals surface area (Å²) in [5.74, 6) is -0.209. The minimum atomic E-state index is -0.459. The number of rotatable bonds is 5. The first-order valence-corrected chi connectivity index (χ1v) is 8.09. The Bertz CT molecular complexity index is 863. The molecule has 7 nitrogen and oxygen atoms in total. The second-order valence-corrected chi connectivity index (χ2v) is 5.79. The Hall–Kier alpha value is -3.35. The molecule has 26 heavy (non-hydrogen) atoms. The van der Waals surface area contributed by atoms with Crippen LogP contribution in [0.2, 0.25) is 0 Å². The number of anilines is 2. The monoisotopic (exact) mass is 354 g/mol. The van der Waals surface area contributed by atoms with Crippen LogP contribution >= 0.6 is 0 Å². The van der Waals surface area contributed by atoms with Crippen LogP contribution in [0.15, 0.2) is 42.5 Å². The number of amides is 2. The van der Waals surface area contributed by atoms with Gasteiger partial charge in [0.25, 0.3) is 5.91 Å². The van der Waals surface area contributed by atoms with E-state index in [-0.39, 0.29) is 24.8 Å². The topological polar surface area (TPSA) is 93.7 Å². The van der Waals surface area contributed by atoms with Gasteiger partial charge in [-0.2, -0.15) is 0 Å². The van der Waals surface area contributed by atoms with E-state index in [1.54, 1.807) is 36.4 Å². The molecule has 2 N–H and O–H groups in total. The van der Waals surface area contributed by atoms with E-state index in [1.165, 1.54) is 7.11 Å². The number of aryl methyl sites for hydroxylation is 1. The van der Waals surface area contributed by atoms with Crippen molar-refractivity contribution in [2.75, 3.05) is 24.4 Å². The number of hydrogen-bond donors (Lipinski definition) is 2. The van der Waals surface area contributed by atoms with Crippen LogP contribution in [0, 0.1) is 0 Å². The average Bonchev–Trinajstić information content (AvgIpc) is 2.65. The molecule has 0 aliphatic carbocycles.